The van der Waals surface area contributed by atoms with E-state index >= 15 is 0 Å². The number of carbonyl (C=O) groups excluding carboxylic acids is 1. The lowest BCUT2D eigenvalue weighted by molar-refractivity contribution is 0.0867. The minimum Gasteiger partial charge on any atom is -0.507 e. The first-order chi connectivity index (χ1) is 9.46. The first-order valence-corrected chi connectivity index (χ1v) is 8.15. The van der Waals surface area contributed by atoms with Gasteiger partial charge in [0.1, 0.15) is 5.75 Å². The summed E-state index contributed by atoms with van der Waals surface area (Å²) >= 11 is 9.33. The first kappa shape index (κ1) is 15.6. The third-order valence-corrected chi connectivity index (χ3v) is 5.12. The fourth-order valence-electron chi connectivity index (χ4n) is 2.90. The Morgan fingerprint density at radius 2 is 2.35 bits per heavy atom. The van der Waals surface area contributed by atoms with Gasteiger partial charge in [0, 0.05) is 11.4 Å². The van der Waals surface area contributed by atoms with Crippen LogP contribution in [0.5, 0.6) is 5.75 Å². The lowest BCUT2D eigenvalue weighted by Gasteiger charge is -2.39. The van der Waals surface area contributed by atoms with Gasteiger partial charge in [0.05, 0.1) is 10.0 Å². The Labute approximate surface area is 132 Å². The van der Waals surface area contributed by atoms with E-state index in [1.807, 2.05) is 0 Å². The number of benzene rings is 1. The Morgan fingerprint density at radius 1 is 1.60 bits per heavy atom. The van der Waals surface area contributed by atoms with E-state index in [0.29, 0.717) is 21.8 Å². The zero-order valence-corrected chi connectivity index (χ0v) is 13.8. The number of rotatable bonds is 3. The van der Waals surface area contributed by atoms with Crippen molar-refractivity contribution in [1.82, 2.24) is 5.32 Å². The summed E-state index contributed by atoms with van der Waals surface area (Å²) < 4.78 is 0.576. The Kier molecular flexibility index (Phi) is 4.97. The van der Waals surface area contributed by atoms with Crippen molar-refractivity contribution in [3.63, 3.8) is 0 Å². The molecule has 20 heavy (non-hydrogen) atoms. The van der Waals surface area contributed by atoms with Crippen molar-refractivity contribution in [2.24, 2.45) is 5.92 Å². The normalized spacial score (nSPS) is 26.2. The summed E-state index contributed by atoms with van der Waals surface area (Å²) in [5, 5.41) is 12.7. The zero-order valence-electron chi connectivity index (χ0n) is 11.5. The molecular formula is C15H19BrClNO2. The molecule has 2 atom stereocenters. The van der Waals surface area contributed by atoms with E-state index in [1.165, 1.54) is 12.5 Å². The predicted molar refractivity (Wildman–Crippen MR) is 84.4 cm³/mol. The number of halogens is 2. The molecule has 1 saturated carbocycles. The number of aromatic hydroxyl groups is 1. The smallest absolute Gasteiger partial charge is 0.251 e. The van der Waals surface area contributed by atoms with Gasteiger partial charge in [-0.1, -0.05) is 19.8 Å². The lowest BCUT2D eigenvalue weighted by Crippen LogP contribution is -2.52. The molecule has 2 unspecified atom stereocenters. The van der Waals surface area contributed by atoms with E-state index in [1.54, 1.807) is 12.1 Å². The van der Waals surface area contributed by atoms with Crippen LogP contribution in [0.15, 0.2) is 22.7 Å². The van der Waals surface area contributed by atoms with E-state index in [2.05, 4.69) is 28.2 Å². The second-order valence-electron chi connectivity index (χ2n) is 5.74. The zero-order chi connectivity index (χ0) is 14.8. The summed E-state index contributed by atoms with van der Waals surface area (Å²) in [6.07, 6.45) is 4.09. The van der Waals surface area contributed by atoms with Gasteiger partial charge in [-0.25, -0.2) is 0 Å². The fourth-order valence-corrected chi connectivity index (χ4v) is 3.45. The maximum absolute atomic E-state index is 12.4. The molecule has 0 aliphatic heterocycles. The largest absolute Gasteiger partial charge is 0.507 e. The number of alkyl halides is 1. The average molecular weight is 361 g/mol. The maximum Gasteiger partial charge on any atom is 0.251 e. The van der Waals surface area contributed by atoms with Crippen molar-refractivity contribution in [2.45, 2.75) is 38.1 Å². The van der Waals surface area contributed by atoms with Crippen molar-refractivity contribution in [2.75, 3.05) is 5.88 Å². The number of nitrogens with one attached hydrogen (secondary N) is 1. The monoisotopic (exact) mass is 359 g/mol. The molecule has 0 radical (unpaired) electrons. The molecule has 110 valence electrons. The third kappa shape index (κ3) is 3.47. The van der Waals surface area contributed by atoms with Crippen molar-refractivity contribution in [3.05, 3.63) is 28.2 Å². The van der Waals surface area contributed by atoms with Gasteiger partial charge in [-0.2, -0.15) is 0 Å². The van der Waals surface area contributed by atoms with Crippen LogP contribution < -0.4 is 5.32 Å². The van der Waals surface area contributed by atoms with Crippen molar-refractivity contribution >= 4 is 33.4 Å². The van der Waals surface area contributed by atoms with Crippen LogP contribution in [0.2, 0.25) is 0 Å². The quantitative estimate of drug-likeness (QED) is 0.798. The highest BCUT2D eigenvalue weighted by molar-refractivity contribution is 9.10. The molecule has 0 heterocycles. The highest BCUT2D eigenvalue weighted by Crippen LogP contribution is 2.33. The number of hydrogen-bond acceptors (Lipinski definition) is 2. The van der Waals surface area contributed by atoms with E-state index in [-0.39, 0.29) is 17.2 Å². The summed E-state index contributed by atoms with van der Waals surface area (Å²) in [4.78, 5) is 12.4. The van der Waals surface area contributed by atoms with Crippen molar-refractivity contribution in [3.8, 4) is 5.75 Å². The highest BCUT2D eigenvalue weighted by atomic mass is 79.9. The molecule has 3 nitrogen and oxygen atoms in total. The molecule has 0 saturated heterocycles. The van der Waals surface area contributed by atoms with Crippen LogP contribution >= 0.6 is 27.5 Å². The Balaban J connectivity index is 2.14. The Bertz CT molecular complexity index is 509. The molecule has 5 heteroatoms. The second-order valence-corrected chi connectivity index (χ2v) is 6.86. The third-order valence-electron chi connectivity index (χ3n) is 3.93. The topological polar surface area (TPSA) is 49.3 Å². The predicted octanol–water partition coefficient (Wildman–Crippen LogP) is 4.07. The first-order valence-electron chi connectivity index (χ1n) is 6.83. The molecule has 0 bridgehead atoms. The van der Waals surface area contributed by atoms with Gasteiger partial charge >= 0.3 is 0 Å². The highest BCUT2D eigenvalue weighted by Gasteiger charge is 2.35. The maximum atomic E-state index is 12.4. The minimum absolute atomic E-state index is 0.0644. The van der Waals surface area contributed by atoms with Gasteiger partial charge in [-0.3, -0.25) is 4.79 Å². The molecule has 1 fully saturated rings. The second kappa shape index (κ2) is 6.35. The van der Waals surface area contributed by atoms with Gasteiger partial charge in [-0.15, -0.1) is 11.6 Å². The molecule has 1 aromatic carbocycles. The number of carbonyl (C=O) groups is 1. The SMILES string of the molecule is CC1CCCC(CCl)(NC(=O)c2ccc(Br)c(O)c2)C1. The van der Waals surface area contributed by atoms with Crippen LogP contribution in [0.3, 0.4) is 0 Å². The average Bonchev–Trinajstić information content (AvgIpc) is 2.41. The van der Waals surface area contributed by atoms with Gasteiger partial charge in [0.2, 0.25) is 0 Å². The van der Waals surface area contributed by atoms with Crippen LogP contribution in [0.4, 0.5) is 0 Å². The number of phenolic OH excluding ortho intramolecular Hbond substituents is 1. The van der Waals surface area contributed by atoms with E-state index < -0.39 is 0 Å². The molecule has 1 aliphatic rings. The van der Waals surface area contributed by atoms with Gasteiger partial charge in [0.25, 0.3) is 5.91 Å². The number of hydrogen-bond donors (Lipinski definition) is 2. The Hall–Kier alpha value is -0.740. The summed E-state index contributed by atoms with van der Waals surface area (Å²) in [7, 11) is 0. The molecule has 1 aromatic rings. The van der Waals surface area contributed by atoms with E-state index in [0.717, 1.165) is 19.3 Å². The molecule has 0 aromatic heterocycles. The number of phenols is 1. The Morgan fingerprint density at radius 3 is 2.95 bits per heavy atom. The molecule has 2 N–H and O–H groups in total. The van der Waals surface area contributed by atoms with Crippen LogP contribution in [-0.2, 0) is 0 Å². The molecule has 1 amide bonds. The molecule has 2 rings (SSSR count). The fraction of sp³-hybridized carbons (Fsp3) is 0.533. The molecular weight excluding hydrogens is 342 g/mol. The number of amides is 1. The van der Waals surface area contributed by atoms with Crippen LogP contribution in [-0.4, -0.2) is 22.4 Å². The van der Waals surface area contributed by atoms with Gasteiger partial charge in [-0.05, 0) is 52.9 Å². The van der Waals surface area contributed by atoms with Gasteiger partial charge in [0.15, 0.2) is 0 Å². The summed E-state index contributed by atoms with van der Waals surface area (Å²) in [6.45, 7) is 2.19. The molecule has 0 spiro atoms. The van der Waals surface area contributed by atoms with Crippen molar-refractivity contribution in [1.29, 1.82) is 0 Å². The van der Waals surface area contributed by atoms with E-state index in [9.17, 15) is 9.90 Å². The van der Waals surface area contributed by atoms with Crippen molar-refractivity contribution < 1.29 is 9.90 Å². The summed E-state index contributed by atoms with van der Waals surface area (Å²) in [5.74, 6) is 0.879. The lowest BCUT2D eigenvalue weighted by atomic mass is 9.77. The van der Waals surface area contributed by atoms with Crippen LogP contribution in [0, 0.1) is 5.92 Å². The summed E-state index contributed by atoms with van der Waals surface area (Å²) in [5.41, 5.74) is 0.132. The van der Waals surface area contributed by atoms with Gasteiger partial charge < -0.3 is 10.4 Å². The molecule has 1 aliphatic carbocycles. The van der Waals surface area contributed by atoms with Crippen LogP contribution in [0.25, 0.3) is 0 Å². The summed E-state index contributed by atoms with van der Waals surface area (Å²) in [6, 6.07) is 4.82. The standard InChI is InChI=1S/C15H19BrClNO2/c1-10-3-2-6-15(8-10,9-17)18-14(20)11-4-5-12(16)13(19)7-11/h4-5,7,10,19H,2-3,6,8-9H2,1H3,(H,18,20). The minimum atomic E-state index is -0.320. The van der Waals surface area contributed by atoms with Crippen LogP contribution in [0.1, 0.15) is 43.0 Å². The van der Waals surface area contributed by atoms with E-state index in [4.69, 9.17) is 11.6 Å².